The third-order valence-corrected chi connectivity index (χ3v) is 4.28. The molecule has 2 rings (SSSR count). The van der Waals surface area contributed by atoms with Gasteiger partial charge in [0.25, 0.3) is 0 Å². The second kappa shape index (κ2) is 7.99. The molecule has 1 atom stereocenters. The summed E-state index contributed by atoms with van der Waals surface area (Å²) in [4.78, 5) is 1.89. The molecule has 1 heterocycles. The summed E-state index contributed by atoms with van der Waals surface area (Å²) >= 11 is 0. The lowest BCUT2D eigenvalue weighted by Gasteiger charge is -2.44. The molecule has 1 saturated heterocycles. The van der Waals surface area contributed by atoms with Gasteiger partial charge in [-0.1, -0.05) is 13.8 Å². The Hall–Kier alpha value is -0.890. The molecule has 0 saturated carbocycles. The van der Waals surface area contributed by atoms with E-state index in [9.17, 15) is 22.7 Å². The van der Waals surface area contributed by atoms with Gasteiger partial charge in [0.1, 0.15) is 5.82 Å². The number of hydrogen-bond acceptors (Lipinski definition) is 3. The molecular formula is C16H23ClF4N2O. The van der Waals surface area contributed by atoms with Crippen LogP contribution in [0.25, 0.3) is 0 Å². The van der Waals surface area contributed by atoms with Gasteiger partial charge in [0, 0.05) is 44.2 Å². The minimum atomic E-state index is -4.57. The van der Waals surface area contributed by atoms with Crippen LogP contribution in [0, 0.1) is 11.2 Å². The van der Waals surface area contributed by atoms with Gasteiger partial charge < -0.3 is 10.4 Å². The fourth-order valence-corrected chi connectivity index (χ4v) is 3.16. The maximum Gasteiger partial charge on any atom is 0.416 e. The van der Waals surface area contributed by atoms with Crippen molar-refractivity contribution in [1.29, 1.82) is 0 Å². The van der Waals surface area contributed by atoms with Crippen LogP contribution in [0.5, 0.6) is 0 Å². The highest BCUT2D eigenvalue weighted by molar-refractivity contribution is 5.85. The Morgan fingerprint density at radius 2 is 1.79 bits per heavy atom. The van der Waals surface area contributed by atoms with Crippen LogP contribution in [0.2, 0.25) is 0 Å². The van der Waals surface area contributed by atoms with E-state index in [1.165, 1.54) is 0 Å². The van der Waals surface area contributed by atoms with Crippen molar-refractivity contribution in [3.8, 4) is 0 Å². The average molecular weight is 371 g/mol. The van der Waals surface area contributed by atoms with Gasteiger partial charge in [0.05, 0.1) is 5.56 Å². The standard InChI is InChI=1S/C16H22F4N2O.ClH/c1-15(2,10-23)14(22-7-5-21-6-8-22)12-9-11(17)3-4-13(12)16(18,19)20;/h3-4,9,14,21,23H,5-8,10H2,1-2H3;1H/t14-;/m0./s1. The lowest BCUT2D eigenvalue weighted by atomic mass is 9.78. The molecule has 2 N–H and O–H groups in total. The highest BCUT2D eigenvalue weighted by Crippen LogP contribution is 2.44. The number of benzene rings is 1. The maximum absolute atomic E-state index is 13.7. The molecule has 138 valence electrons. The van der Waals surface area contributed by atoms with E-state index in [2.05, 4.69) is 5.32 Å². The van der Waals surface area contributed by atoms with Crippen LogP contribution in [0.1, 0.15) is 31.0 Å². The summed E-state index contributed by atoms with van der Waals surface area (Å²) in [5, 5.41) is 12.8. The zero-order valence-corrected chi connectivity index (χ0v) is 14.5. The highest BCUT2D eigenvalue weighted by atomic mass is 35.5. The van der Waals surface area contributed by atoms with Crippen molar-refractivity contribution in [2.24, 2.45) is 5.41 Å². The molecule has 0 aliphatic carbocycles. The first-order valence-electron chi connectivity index (χ1n) is 7.59. The quantitative estimate of drug-likeness (QED) is 0.799. The number of nitrogens with one attached hydrogen (secondary N) is 1. The van der Waals surface area contributed by atoms with Gasteiger partial charge in [-0.05, 0) is 23.8 Å². The van der Waals surface area contributed by atoms with Crippen LogP contribution in [0.15, 0.2) is 18.2 Å². The molecule has 0 spiro atoms. The summed E-state index contributed by atoms with van der Waals surface area (Å²) in [5.74, 6) is -0.707. The Bertz CT molecular complexity index is 545. The average Bonchev–Trinajstić information content (AvgIpc) is 2.47. The van der Waals surface area contributed by atoms with Gasteiger partial charge >= 0.3 is 6.18 Å². The molecule has 24 heavy (non-hydrogen) atoms. The van der Waals surface area contributed by atoms with Crippen LogP contribution in [-0.4, -0.2) is 42.8 Å². The Kier molecular flexibility index (Phi) is 7.04. The number of hydrogen-bond donors (Lipinski definition) is 2. The fourth-order valence-electron chi connectivity index (χ4n) is 3.16. The van der Waals surface area contributed by atoms with Crippen LogP contribution < -0.4 is 5.32 Å². The second-order valence-electron chi connectivity index (χ2n) is 6.56. The molecule has 0 bridgehead atoms. The molecule has 1 aliphatic heterocycles. The molecule has 1 aromatic carbocycles. The molecule has 0 unspecified atom stereocenters. The van der Waals surface area contributed by atoms with Gasteiger partial charge in [-0.25, -0.2) is 4.39 Å². The van der Waals surface area contributed by atoms with Crippen molar-refractivity contribution in [3.05, 3.63) is 35.1 Å². The summed E-state index contributed by atoms with van der Waals surface area (Å²) in [6, 6.07) is 1.84. The van der Waals surface area contributed by atoms with Crippen LogP contribution in [0.4, 0.5) is 17.6 Å². The number of nitrogens with zero attached hydrogens (tertiary/aromatic N) is 1. The van der Waals surface area contributed by atoms with Crippen molar-refractivity contribution in [2.75, 3.05) is 32.8 Å². The highest BCUT2D eigenvalue weighted by Gasteiger charge is 2.42. The number of halogens is 5. The molecule has 1 aliphatic rings. The topological polar surface area (TPSA) is 35.5 Å². The van der Waals surface area contributed by atoms with Gasteiger partial charge in [0.2, 0.25) is 0 Å². The lowest BCUT2D eigenvalue weighted by molar-refractivity contribution is -0.139. The van der Waals surface area contributed by atoms with Crippen molar-refractivity contribution >= 4 is 12.4 Å². The summed E-state index contributed by atoms with van der Waals surface area (Å²) in [7, 11) is 0. The van der Waals surface area contributed by atoms with E-state index in [0.717, 1.165) is 18.2 Å². The molecule has 0 amide bonds. The Labute approximate surface area is 145 Å². The Morgan fingerprint density at radius 3 is 2.29 bits per heavy atom. The van der Waals surface area contributed by atoms with Crippen molar-refractivity contribution in [3.63, 3.8) is 0 Å². The number of piperazine rings is 1. The summed E-state index contributed by atoms with van der Waals surface area (Å²) < 4.78 is 53.8. The van der Waals surface area contributed by atoms with Crippen LogP contribution in [0.3, 0.4) is 0 Å². The molecular weight excluding hydrogens is 348 g/mol. The molecule has 0 aromatic heterocycles. The van der Waals surface area contributed by atoms with Crippen molar-refractivity contribution in [2.45, 2.75) is 26.1 Å². The summed E-state index contributed by atoms with van der Waals surface area (Å²) in [6.45, 7) is 5.48. The second-order valence-corrected chi connectivity index (χ2v) is 6.56. The zero-order chi connectivity index (χ0) is 17.3. The first kappa shape index (κ1) is 21.2. The van der Waals surface area contributed by atoms with E-state index < -0.39 is 29.0 Å². The number of aliphatic hydroxyl groups is 1. The smallest absolute Gasteiger partial charge is 0.396 e. The molecule has 1 aromatic rings. The third kappa shape index (κ3) is 4.59. The van der Waals surface area contributed by atoms with Gasteiger partial charge in [-0.15, -0.1) is 12.4 Å². The molecule has 8 heteroatoms. The lowest BCUT2D eigenvalue weighted by Crippen LogP contribution is -2.50. The number of rotatable bonds is 4. The van der Waals surface area contributed by atoms with E-state index in [0.29, 0.717) is 26.2 Å². The predicted octanol–water partition coefficient (Wildman–Crippen LogP) is 3.23. The van der Waals surface area contributed by atoms with E-state index in [4.69, 9.17) is 0 Å². The summed E-state index contributed by atoms with van der Waals surface area (Å²) in [6.07, 6.45) is -4.57. The van der Waals surface area contributed by atoms with Crippen molar-refractivity contribution in [1.82, 2.24) is 10.2 Å². The third-order valence-electron chi connectivity index (χ3n) is 4.28. The van der Waals surface area contributed by atoms with Gasteiger partial charge in [-0.2, -0.15) is 13.2 Å². The van der Waals surface area contributed by atoms with Gasteiger partial charge in [0.15, 0.2) is 0 Å². The normalized spacial score (nSPS) is 18.1. The number of aliphatic hydroxyl groups excluding tert-OH is 1. The van der Waals surface area contributed by atoms with E-state index in [-0.39, 0.29) is 24.6 Å². The van der Waals surface area contributed by atoms with Crippen LogP contribution >= 0.6 is 12.4 Å². The first-order chi connectivity index (χ1) is 10.7. The predicted molar refractivity (Wildman–Crippen MR) is 86.7 cm³/mol. The Balaban J connectivity index is 0.00000288. The van der Waals surface area contributed by atoms with E-state index >= 15 is 0 Å². The SMILES string of the molecule is CC(C)(CO)[C@H](c1cc(F)ccc1C(F)(F)F)N1CCNCC1.Cl. The van der Waals surface area contributed by atoms with E-state index in [1.807, 2.05) is 4.90 Å². The van der Waals surface area contributed by atoms with Crippen LogP contribution in [-0.2, 0) is 6.18 Å². The van der Waals surface area contributed by atoms with E-state index in [1.54, 1.807) is 13.8 Å². The Morgan fingerprint density at radius 1 is 1.21 bits per heavy atom. The molecule has 0 radical (unpaired) electrons. The van der Waals surface area contributed by atoms with Gasteiger partial charge in [-0.3, -0.25) is 4.90 Å². The summed E-state index contributed by atoms with van der Waals surface area (Å²) in [5.41, 5.74) is -1.80. The minimum Gasteiger partial charge on any atom is -0.396 e. The maximum atomic E-state index is 13.7. The molecule has 3 nitrogen and oxygen atoms in total. The first-order valence-corrected chi connectivity index (χ1v) is 7.59. The largest absolute Gasteiger partial charge is 0.416 e. The minimum absolute atomic E-state index is 0. The number of alkyl halides is 3. The molecule has 1 fully saturated rings. The van der Waals surface area contributed by atoms with Crippen molar-refractivity contribution < 1.29 is 22.7 Å². The zero-order valence-electron chi connectivity index (χ0n) is 13.7. The monoisotopic (exact) mass is 370 g/mol. The fraction of sp³-hybridized carbons (Fsp3) is 0.625.